The number of ether oxygens (including phenoxy) is 1. The molecule has 0 aliphatic heterocycles. The number of hydrogen-bond acceptors (Lipinski definition) is 5. The summed E-state index contributed by atoms with van der Waals surface area (Å²) in [5, 5.41) is 0. The number of rotatable bonds is 4. The van der Waals surface area contributed by atoms with Crippen LogP contribution < -0.4 is 0 Å². The third-order valence-electron chi connectivity index (χ3n) is 2.92. The Labute approximate surface area is 106 Å². The predicted molar refractivity (Wildman–Crippen MR) is 63.2 cm³/mol. The van der Waals surface area contributed by atoms with E-state index in [-0.39, 0.29) is 16.8 Å². The van der Waals surface area contributed by atoms with Crippen LogP contribution in [0.2, 0.25) is 0 Å². The molecule has 18 heavy (non-hydrogen) atoms. The number of carbonyl (C=O) groups excluding carboxylic acids is 1. The number of methoxy groups -OCH3 is 1. The zero-order valence-electron chi connectivity index (χ0n) is 9.91. The molecule has 0 saturated heterocycles. The average Bonchev–Trinajstić information content (AvgIpc) is 2.33. The van der Waals surface area contributed by atoms with Gasteiger partial charge in [0.15, 0.2) is 0 Å². The van der Waals surface area contributed by atoms with Crippen LogP contribution in [-0.2, 0) is 23.8 Å². The standard InChI is InChI=1S/C12H14O5S/c1-16-12(13)9-7-10(8-9)17-18(14,15)11-5-3-2-4-6-11/h2-6,9-10H,7-8H2,1H3. The van der Waals surface area contributed by atoms with Gasteiger partial charge in [-0.2, -0.15) is 8.42 Å². The maximum absolute atomic E-state index is 11.8. The molecular formula is C12H14O5S. The Morgan fingerprint density at radius 1 is 1.22 bits per heavy atom. The highest BCUT2D eigenvalue weighted by molar-refractivity contribution is 7.86. The number of carbonyl (C=O) groups is 1. The molecule has 1 aliphatic carbocycles. The first-order valence-electron chi connectivity index (χ1n) is 5.59. The first kappa shape index (κ1) is 13.0. The van der Waals surface area contributed by atoms with E-state index in [1.54, 1.807) is 18.2 Å². The molecule has 0 unspecified atom stereocenters. The number of benzene rings is 1. The van der Waals surface area contributed by atoms with Crippen molar-refractivity contribution in [1.29, 1.82) is 0 Å². The van der Waals surface area contributed by atoms with Crippen molar-refractivity contribution in [3.63, 3.8) is 0 Å². The van der Waals surface area contributed by atoms with Gasteiger partial charge in [-0.15, -0.1) is 0 Å². The van der Waals surface area contributed by atoms with E-state index in [0.29, 0.717) is 12.8 Å². The lowest BCUT2D eigenvalue weighted by Gasteiger charge is -2.32. The molecule has 0 heterocycles. The minimum atomic E-state index is -3.73. The maximum atomic E-state index is 11.8. The lowest BCUT2D eigenvalue weighted by Crippen LogP contribution is -2.38. The monoisotopic (exact) mass is 270 g/mol. The fraction of sp³-hybridized carbons (Fsp3) is 0.417. The summed E-state index contributed by atoms with van der Waals surface area (Å²) in [6, 6.07) is 7.95. The van der Waals surface area contributed by atoms with Gasteiger partial charge in [0.25, 0.3) is 10.1 Å². The first-order chi connectivity index (χ1) is 8.53. The smallest absolute Gasteiger partial charge is 0.308 e. The zero-order chi connectivity index (χ0) is 13.2. The Bertz CT molecular complexity index is 517. The Kier molecular flexibility index (Phi) is 3.68. The number of hydrogen-bond donors (Lipinski definition) is 0. The van der Waals surface area contributed by atoms with Gasteiger partial charge in [0.1, 0.15) is 0 Å². The van der Waals surface area contributed by atoms with Crippen LogP contribution in [0.4, 0.5) is 0 Å². The van der Waals surface area contributed by atoms with Gasteiger partial charge in [-0.25, -0.2) is 0 Å². The van der Waals surface area contributed by atoms with Crippen LogP contribution in [0.15, 0.2) is 35.2 Å². The zero-order valence-corrected chi connectivity index (χ0v) is 10.7. The molecule has 0 atom stereocenters. The van der Waals surface area contributed by atoms with Gasteiger partial charge in [0, 0.05) is 0 Å². The molecule has 2 rings (SSSR count). The highest BCUT2D eigenvalue weighted by Gasteiger charge is 2.39. The Morgan fingerprint density at radius 3 is 2.39 bits per heavy atom. The van der Waals surface area contributed by atoms with Gasteiger partial charge in [-0.05, 0) is 25.0 Å². The van der Waals surface area contributed by atoms with Crippen LogP contribution in [0.1, 0.15) is 12.8 Å². The maximum Gasteiger partial charge on any atom is 0.308 e. The summed E-state index contributed by atoms with van der Waals surface area (Å²) >= 11 is 0. The van der Waals surface area contributed by atoms with Crippen LogP contribution in [0.3, 0.4) is 0 Å². The molecule has 1 saturated carbocycles. The molecule has 0 N–H and O–H groups in total. The summed E-state index contributed by atoms with van der Waals surface area (Å²) in [4.78, 5) is 11.3. The van der Waals surface area contributed by atoms with E-state index >= 15 is 0 Å². The lowest BCUT2D eigenvalue weighted by molar-refractivity contribution is -0.151. The summed E-state index contributed by atoms with van der Waals surface area (Å²) in [5.74, 6) is -0.557. The fourth-order valence-corrected chi connectivity index (χ4v) is 2.94. The van der Waals surface area contributed by atoms with E-state index in [2.05, 4.69) is 4.74 Å². The van der Waals surface area contributed by atoms with E-state index in [9.17, 15) is 13.2 Å². The van der Waals surface area contributed by atoms with Gasteiger partial charge in [-0.1, -0.05) is 18.2 Å². The van der Waals surface area contributed by atoms with Crippen LogP contribution in [0.25, 0.3) is 0 Å². The fourth-order valence-electron chi connectivity index (χ4n) is 1.83. The van der Waals surface area contributed by atoms with Crippen molar-refractivity contribution < 1.29 is 22.1 Å². The highest BCUT2D eigenvalue weighted by atomic mass is 32.2. The molecule has 1 fully saturated rings. The van der Waals surface area contributed by atoms with Gasteiger partial charge >= 0.3 is 5.97 Å². The van der Waals surface area contributed by atoms with E-state index in [1.807, 2.05) is 0 Å². The van der Waals surface area contributed by atoms with Crippen molar-refractivity contribution in [1.82, 2.24) is 0 Å². The first-order valence-corrected chi connectivity index (χ1v) is 7.00. The summed E-state index contributed by atoms with van der Waals surface area (Å²) in [6.45, 7) is 0. The lowest BCUT2D eigenvalue weighted by atomic mass is 9.83. The van der Waals surface area contributed by atoms with Crippen LogP contribution >= 0.6 is 0 Å². The van der Waals surface area contributed by atoms with Crippen molar-refractivity contribution in [2.24, 2.45) is 5.92 Å². The second kappa shape index (κ2) is 5.07. The van der Waals surface area contributed by atoms with Gasteiger partial charge in [-0.3, -0.25) is 8.98 Å². The van der Waals surface area contributed by atoms with Crippen LogP contribution in [-0.4, -0.2) is 27.6 Å². The third-order valence-corrected chi connectivity index (χ3v) is 4.30. The summed E-state index contributed by atoms with van der Waals surface area (Å²) in [5.41, 5.74) is 0. The SMILES string of the molecule is COC(=O)C1CC(OS(=O)(=O)c2ccccc2)C1. The van der Waals surface area contributed by atoms with Crippen LogP contribution in [0, 0.1) is 5.92 Å². The average molecular weight is 270 g/mol. The highest BCUT2D eigenvalue weighted by Crippen LogP contribution is 2.33. The summed E-state index contributed by atoms with van der Waals surface area (Å²) in [6.07, 6.45) is 0.344. The third kappa shape index (κ3) is 2.70. The number of esters is 1. The van der Waals surface area contributed by atoms with Crippen LogP contribution in [0.5, 0.6) is 0 Å². The molecule has 0 amide bonds. The van der Waals surface area contributed by atoms with Gasteiger partial charge in [0.2, 0.25) is 0 Å². The minimum absolute atomic E-state index is 0.131. The Morgan fingerprint density at radius 2 is 1.83 bits per heavy atom. The summed E-state index contributed by atoms with van der Waals surface area (Å²) in [7, 11) is -2.41. The van der Waals surface area contributed by atoms with E-state index in [0.717, 1.165) is 0 Å². The van der Waals surface area contributed by atoms with E-state index < -0.39 is 16.2 Å². The van der Waals surface area contributed by atoms with Gasteiger partial charge < -0.3 is 4.74 Å². The molecule has 98 valence electrons. The van der Waals surface area contributed by atoms with Gasteiger partial charge in [0.05, 0.1) is 24.0 Å². The minimum Gasteiger partial charge on any atom is -0.469 e. The van der Waals surface area contributed by atoms with E-state index in [4.69, 9.17) is 4.18 Å². The van der Waals surface area contributed by atoms with Crippen molar-refractivity contribution in [2.75, 3.05) is 7.11 Å². The van der Waals surface area contributed by atoms with Crippen molar-refractivity contribution >= 4 is 16.1 Å². The second-order valence-corrected chi connectivity index (χ2v) is 5.75. The Balaban J connectivity index is 1.94. The normalized spacial score (nSPS) is 23.2. The molecule has 6 heteroatoms. The topological polar surface area (TPSA) is 69.7 Å². The second-order valence-electron chi connectivity index (χ2n) is 4.18. The molecule has 0 bridgehead atoms. The quantitative estimate of drug-likeness (QED) is 0.610. The van der Waals surface area contributed by atoms with E-state index in [1.165, 1.54) is 19.2 Å². The summed E-state index contributed by atoms with van der Waals surface area (Å²) < 4.78 is 33.3. The molecule has 1 aromatic carbocycles. The molecule has 1 aliphatic rings. The molecule has 1 aromatic rings. The molecule has 0 aromatic heterocycles. The van der Waals surface area contributed by atoms with Crippen molar-refractivity contribution in [2.45, 2.75) is 23.8 Å². The molecular weight excluding hydrogens is 256 g/mol. The molecule has 0 spiro atoms. The molecule has 0 radical (unpaired) electrons. The Hall–Kier alpha value is -1.40. The van der Waals surface area contributed by atoms with Crippen molar-refractivity contribution in [3.8, 4) is 0 Å². The largest absolute Gasteiger partial charge is 0.469 e. The molecule has 5 nitrogen and oxygen atoms in total. The van der Waals surface area contributed by atoms with Crippen molar-refractivity contribution in [3.05, 3.63) is 30.3 Å². The predicted octanol–water partition coefficient (Wildman–Crippen LogP) is 1.34.